The molecular formula is C18H15NO6. The van der Waals surface area contributed by atoms with Crippen LogP contribution in [0.15, 0.2) is 48.5 Å². The summed E-state index contributed by atoms with van der Waals surface area (Å²) in [4.78, 5) is 33.6. The first-order valence-corrected chi connectivity index (χ1v) is 7.24. The Morgan fingerprint density at radius 3 is 2.40 bits per heavy atom. The molecule has 7 nitrogen and oxygen atoms in total. The molecule has 25 heavy (non-hydrogen) atoms. The lowest BCUT2D eigenvalue weighted by Gasteiger charge is -2.03. The SMILES string of the molecule is COC(=O)c1ccc(/C=C/C(=O)Oc2cc(C)ccc2[N+](=O)[O-])cc1. The molecule has 2 aromatic rings. The molecule has 0 radical (unpaired) electrons. The van der Waals surface area contributed by atoms with E-state index in [-0.39, 0.29) is 11.4 Å². The van der Waals surface area contributed by atoms with Crippen molar-refractivity contribution in [3.05, 3.63) is 75.3 Å². The molecule has 0 aliphatic rings. The minimum Gasteiger partial charge on any atom is -0.465 e. The van der Waals surface area contributed by atoms with Crippen LogP contribution in [0.1, 0.15) is 21.5 Å². The number of hydrogen-bond donors (Lipinski definition) is 0. The summed E-state index contributed by atoms with van der Waals surface area (Å²) in [6.45, 7) is 1.74. The van der Waals surface area contributed by atoms with Gasteiger partial charge in [0.1, 0.15) is 0 Å². The molecule has 2 aromatic carbocycles. The van der Waals surface area contributed by atoms with Crippen LogP contribution in [0.25, 0.3) is 6.08 Å². The van der Waals surface area contributed by atoms with Crippen LogP contribution in [-0.4, -0.2) is 24.0 Å². The Hall–Kier alpha value is -3.48. The van der Waals surface area contributed by atoms with Gasteiger partial charge in [-0.25, -0.2) is 9.59 Å². The average Bonchev–Trinajstić information content (AvgIpc) is 2.59. The molecule has 0 aliphatic heterocycles. The van der Waals surface area contributed by atoms with Gasteiger partial charge in [-0.3, -0.25) is 10.1 Å². The number of nitro groups is 1. The predicted octanol–water partition coefficient (Wildman–Crippen LogP) is 3.31. The molecule has 0 aromatic heterocycles. The maximum atomic E-state index is 11.9. The van der Waals surface area contributed by atoms with Crippen molar-refractivity contribution >= 4 is 23.7 Å². The summed E-state index contributed by atoms with van der Waals surface area (Å²) in [5.74, 6) is -1.31. The summed E-state index contributed by atoms with van der Waals surface area (Å²) in [5, 5.41) is 11.0. The molecule has 0 fully saturated rings. The summed E-state index contributed by atoms with van der Waals surface area (Å²) in [6.07, 6.45) is 2.63. The van der Waals surface area contributed by atoms with Crippen molar-refractivity contribution in [2.75, 3.05) is 7.11 Å². The topological polar surface area (TPSA) is 95.7 Å². The van der Waals surface area contributed by atoms with E-state index in [1.54, 1.807) is 37.3 Å². The summed E-state index contributed by atoms with van der Waals surface area (Å²) in [7, 11) is 1.29. The molecule has 128 valence electrons. The maximum absolute atomic E-state index is 11.9. The molecule has 0 aliphatic carbocycles. The minimum absolute atomic E-state index is 0.110. The Balaban J connectivity index is 2.10. The molecule has 2 rings (SSSR count). The van der Waals surface area contributed by atoms with Gasteiger partial charge in [0.2, 0.25) is 5.75 Å². The number of methoxy groups -OCH3 is 1. The maximum Gasteiger partial charge on any atom is 0.337 e. The Morgan fingerprint density at radius 2 is 1.80 bits per heavy atom. The summed E-state index contributed by atoms with van der Waals surface area (Å²) < 4.78 is 9.64. The highest BCUT2D eigenvalue weighted by Crippen LogP contribution is 2.27. The van der Waals surface area contributed by atoms with Crippen molar-refractivity contribution in [1.29, 1.82) is 0 Å². The zero-order valence-corrected chi connectivity index (χ0v) is 13.6. The second-order valence-corrected chi connectivity index (χ2v) is 5.10. The summed E-state index contributed by atoms with van der Waals surface area (Å²) in [5.41, 5.74) is 1.49. The van der Waals surface area contributed by atoms with Gasteiger partial charge in [-0.1, -0.05) is 18.2 Å². The van der Waals surface area contributed by atoms with Gasteiger partial charge in [-0.2, -0.15) is 0 Å². The van der Waals surface area contributed by atoms with Crippen molar-refractivity contribution in [2.45, 2.75) is 6.92 Å². The van der Waals surface area contributed by atoms with E-state index in [4.69, 9.17) is 4.74 Å². The fourth-order valence-electron chi connectivity index (χ4n) is 2.01. The summed E-state index contributed by atoms with van der Waals surface area (Å²) >= 11 is 0. The fraction of sp³-hybridized carbons (Fsp3) is 0.111. The standard InChI is InChI=1S/C18H15NO6/c1-12-3-9-15(19(22)23)16(11-12)25-17(20)10-6-13-4-7-14(8-5-13)18(21)24-2/h3-11H,1-2H3/b10-6+. The zero-order valence-electron chi connectivity index (χ0n) is 13.6. The Morgan fingerprint density at radius 1 is 1.12 bits per heavy atom. The van der Waals surface area contributed by atoms with Crippen LogP contribution in [0.3, 0.4) is 0 Å². The number of carbonyl (C=O) groups is 2. The van der Waals surface area contributed by atoms with E-state index in [1.165, 1.54) is 25.3 Å². The van der Waals surface area contributed by atoms with Crippen LogP contribution in [-0.2, 0) is 9.53 Å². The third-order valence-electron chi connectivity index (χ3n) is 3.27. The Bertz CT molecular complexity index is 839. The molecule has 0 amide bonds. The lowest BCUT2D eigenvalue weighted by molar-refractivity contribution is -0.385. The van der Waals surface area contributed by atoms with E-state index >= 15 is 0 Å². The predicted molar refractivity (Wildman–Crippen MR) is 90.3 cm³/mol. The second kappa shape index (κ2) is 7.87. The quantitative estimate of drug-likeness (QED) is 0.272. The first-order chi connectivity index (χ1) is 11.9. The van der Waals surface area contributed by atoms with Crippen molar-refractivity contribution in [3.8, 4) is 5.75 Å². The molecule has 0 unspecified atom stereocenters. The molecule has 0 bridgehead atoms. The number of aryl methyl sites for hydroxylation is 1. The van der Waals surface area contributed by atoms with Crippen molar-refractivity contribution in [2.24, 2.45) is 0 Å². The van der Waals surface area contributed by atoms with E-state index in [0.717, 1.165) is 11.6 Å². The molecule has 0 atom stereocenters. The van der Waals surface area contributed by atoms with Crippen molar-refractivity contribution < 1.29 is 24.0 Å². The molecule has 0 N–H and O–H groups in total. The van der Waals surface area contributed by atoms with Gasteiger partial charge in [0.25, 0.3) is 0 Å². The van der Waals surface area contributed by atoms with Crippen LogP contribution in [0.5, 0.6) is 5.75 Å². The minimum atomic E-state index is -0.745. The van der Waals surface area contributed by atoms with Crippen molar-refractivity contribution in [3.63, 3.8) is 0 Å². The fourth-order valence-corrected chi connectivity index (χ4v) is 2.01. The van der Waals surface area contributed by atoms with Gasteiger partial charge in [-0.15, -0.1) is 0 Å². The van der Waals surface area contributed by atoms with E-state index in [1.807, 2.05) is 0 Å². The highest BCUT2D eigenvalue weighted by Gasteiger charge is 2.17. The monoisotopic (exact) mass is 341 g/mol. The van der Waals surface area contributed by atoms with Gasteiger partial charge in [0.05, 0.1) is 17.6 Å². The number of benzene rings is 2. The van der Waals surface area contributed by atoms with E-state index < -0.39 is 16.9 Å². The average molecular weight is 341 g/mol. The number of ether oxygens (including phenoxy) is 2. The molecule has 0 saturated heterocycles. The largest absolute Gasteiger partial charge is 0.465 e. The number of nitrogens with zero attached hydrogens (tertiary/aromatic N) is 1. The lowest BCUT2D eigenvalue weighted by Crippen LogP contribution is -2.06. The number of nitro benzene ring substituents is 1. The zero-order chi connectivity index (χ0) is 18.4. The van der Waals surface area contributed by atoms with E-state index in [2.05, 4.69) is 4.74 Å². The Kier molecular flexibility index (Phi) is 5.62. The molecule has 7 heteroatoms. The van der Waals surface area contributed by atoms with Gasteiger partial charge in [0.15, 0.2) is 0 Å². The lowest BCUT2D eigenvalue weighted by atomic mass is 10.1. The normalized spacial score (nSPS) is 10.5. The number of hydrogen-bond acceptors (Lipinski definition) is 6. The smallest absolute Gasteiger partial charge is 0.337 e. The van der Waals surface area contributed by atoms with E-state index in [9.17, 15) is 19.7 Å². The molecule has 0 heterocycles. The van der Waals surface area contributed by atoms with Crippen LogP contribution in [0.2, 0.25) is 0 Å². The first-order valence-electron chi connectivity index (χ1n) is 7.24. The van der Waals surface area contributed by atoms with Gasteiger partial charge in [-0.05, 0) is 42.3 Å². The number of carbonyl (C=O) groups excluding carboxylic acids is 2. The van der Waals surface area contributed by atoms with Gasteiger partial charge in [0, 0.05) is 12.1 Å². The highest BCUT2D eigenvalue weighted by molar-refractivity contribution is 5.91. The van der Waals surface area contributed by atoms with Crippen molar-refractivity contribution in [1.82, 2.24) is 0 Å². The third-order valence-corrected chi connectivity index (χ3v) is 3.27. The second-order valence-electron chi connectivity index (χ2n) is 5.10. The van der Waals surface area contributed by atoms with E-state index in [0.29, 0.717) is 11.1 Å². The molecule has 0 saturated carbocycles. The highest BCUT2D eigenvalue weighted by atomic mass is 16.6. The van der Waals surface area contributed by atoms with Gasteiger partial charge >= 0.3 is 17.6 Å². The Labute approximate surface area is 143 Å². The van der Waals surface area contributed by atoms with Crippen LogP contribution < -0.4 is 4.74 Å². The third kappa shape index (κ3) is 4.74. The van der Waals surface area contributed by atoms with Gasteiger partial charge < -0.3 is 9.47 Å². The van der Waals surface area contributed by atoms with Crippen LogP contribution >= 0.6 is 0 Å². The molecular weight excluding hydrogens is 326 g/mol. The first kappa shape index (κ1) is 17.9. The number of rotatable bonds is 5. The van der Waals surface area contributed by atoms with Crippen LogP contribution in [0.4, 0.5) is 5.69 Å². The molecule has 0 spiro atoms. The number of esters is 2. The summed E-state index contributed by atoms with van der Waals surface area (Å²) in [6, 6.07) is 10.6. The van der Waals surface area contributed by atoms with Crippen LogP contribution in [0, 0.1) is 17.0 Å².